The van der Waals surface area contributed by atoms with Gasteiger partial charge in [-0.05, 0) is 86.6 Å². The van der Waals surface area contributed by atoms with Crippen LogP contribution in [0.5, 0.6) is 17.2 Å². The molecule has 7 heteroatoms. The molecule has 3 aromatic carbocycles. The van der Waals surface area contributed by atoms with Crippen LogP contribution in [0.25, 0.3) is 0 Å². The van der Waals surface area contributed by atoms with Crippen molar-refractivity contribution in [3.8, 4) is 17.2 Å². The lowest BCUT2D eigenvalue weighted by Crippen LogP contribution is -2.68. The van der Waals surface area contributed by atoms with Crippen LogP contribution in [-0.2, 0) is 4.79 Å². The highest BCUT2D eigenvalue weighted by molar-refractivity contribution is 6.30. The summed E-state index contributed by atoms with van der Waals surface area (Å²) in [6.07, 6.45) is 1.05. The number of carbonyl (C=O) groups excluding carboxylic acids is 1. The van der Waals surface area contributed by atoms with Crippen LogP contribution in [0.4, 0.5) is 11.4 Å². The van der Waals surface area contributed by atoms with Gasteiger partial charge in [0.15, 0.2) is 0 Å². The second kappa shape index (κ2) is 10.4. The van der Waals surface area contributed by atoms with Crippen LogP contribution in [0.2, 0.25) is 5.02 Å². The van der Waals surface area contributed by atoms with E-state index in [9.17, 15) is 4.79 Å². The maximum atomic E-state index is 13.0. The van der Waals surface area contributed by atoms with Crippen LogP contribution in [0.3, 0.4) is 0 Å². The smallest absolute Gasteiger partial charge is 0.271 e. The summed E-state index contributed by atoms with van der Waals surface area (Å²) in [5.74, 6) is 1.97. The van der Waals surface area contributed by atoms with Gasteiger partial charge >= 0.3 is 0 Å². The monoisotopic (exact) mass is 464 g/mol. The standard InChI is InChI=1S/C26H25ClN2O4/c1-3-31-21-13-7-19(8-14-21)28-17-24-25(33-23-11-5-18(27)6-12-23)26(30)29(24)20-9-15-22(16-10-20)32-4-2/h5-17,24-25H,3-4H2,1-2H3. The summed E-state index contributed by atoms with van der Waals surface area (Å²) in [7, 11) is 0. The fourth-order valence-electron chi connectivity index (χ4n) is 3.53. The second-order valence-corrected chi connectivity index (χ2v) is 7.76. The number of amides is 1. The minimum atomic E-state index is -0.691. The first kappa shape index (κ1) is 22.7. The molecule has 0 saturated carbocycles. The Bertz CT molecular complexity index is 1100. The van der Waals surface area contributed by atoms with Crippen molar-refractivity contribution in [3.05, 3.63) is 77.8 Å². The summed E-state index contributed by atoms with van der Waals surface area (Å²) in [5.41, 5.74) is 1.51. The molecule has 1 aliphatic heterocycles. The van der Waals surface area contributed by atoms with Gasteiger partial charge in [0.1, 0.15) is 23.3 Å². The van der Waals surface area contributed by atoms with Gasteiger partial charge < -0.3 is 14.2 Å². The van der Waals surface area contributed by atoms with Crippen LogP contribution in [-0.4, -0.2) is 37.5 Å². The topological polar surface area (TPSA) is 60.4 Å². The van der Waals surface area contributed by atoms with E-state index in [0.717, 1.165) is 22.9 Å². The van der Waals surface area contributed by atoms with Crippen molar-refractivity contribution in [1.82, 2.24) is 0 Å². The van der Waals surface area contributed by atoms with Crippen molar-refractivity contribution in [2.45, 2.75) is 26.0 Å². The van der Waals surface area contributed by atoms with Gasteiger partial charge in [0.25, 0.3) is 5.91 Å². The molecule has 1 amide bonds. The minimum Gasteiger partial charge on any atom is -0.494 e. The summed E-state index contributed by atoms with van der Waals surface area (Å²) in [4.78, 5) is 19.3. The van der Waals surface area contributed by atoms with E-state index < -0.39 is 6.10 Å². The zero-order valence-corrected chi connectivity index (χ0v) is 19.2. The first-order chi connectivity index (χ1) is 16.1. The number of ether oxygens (including phenoxy) is 3. The summed E-state index contributed by atoms with van der Waals surface area (Å²) in [5, 5.41) is 0.604. The largest absolute Gasteiger partial charge is 0.494 e. The minimum absolute atomic E-state index is 0.141. The van der Waals surface area contributed by atoms with Gasteiger partial charge in [0.2, 0.25) is 6.10 Å². The fraction of sp³-hybridized carbons (Fsp3) is 0.231. The second-order valence-electron chi connectivity index (χ2n) is 7.32. The Hall–Kier alpha value is -3.51. The molecule has 2 atom stereocenters. The summed E-state index contributed by atoms with van der Waals surface area (Å²) < 4.78 is 17.0. The maximum Gasteiger partial charge on any atom is 0.271 e. The van der Waals surface area contributed by atoms with E-state index >= 15 is 0 Å². The Kier molecular flexibility index (Phi) is 7.15. The lowest BCUT2D eigenvalue weighted by Gasteiger charge is -2.44. The third-order valence-corrected chi connectivity index (χ3v) is 5.37. The predicted molar refractivity (Wildman–Crippen MR) is 131 cm³/mol. The van der Waals surface area contributed by atoms with E-state index in [4.69, 9.17) is 25.8 Å². The van der Waals surface area contributed by atoms with E-state index in [1.54, 1.807) is 35.4 Å². The summed E-state index contributed by atoms with van der Waals surface area (Å²) in [6.45, 7) is 5.05. The van der Waals surface area contributed by atoms with Gasteiger partial charge in [-0.1, -0.05) is 11.6 Å². The number of carbonyl (C=O) groups is 1. The number of hydrogen-bond donors (Lipinski definition) is 0. The highest BCUT2D eigenvalue weighted by Crippen LogP contribution is 2.32. The molecule has 0 bridgehead atoms. The van der Waals surface area contributed by atoms with E-state index in [2.05, 4.69) is 4.99 Å². The van der Waals surface area contributed by atoms with Crippen molar-refractivity contribution in [2.24, 2.45) is 4.99 Å². The first-order valence-corrected chi connectivity index (χ1v) is 11.2. The molecule has 33 heavy (non-hydrogen) atoms. The molecule has 0 aromatic heterocycles. The van der Waals surface area contributed by atoms with Gasteiger partial charge in [-0.15, -0.1) is 0 Å². The molecule has 1 fully saturated rings. The van der Waals surface area contributed by atoms with E-state index in [1.165, 1.54) is 0 Å². The molecule has 1 aliphatic rings. The molecule has 0 radical (unpaired) electrons. The average molecular weight is 465 g/mol. The highest BCUT2D eigenvalue weighted by Gasteiger charge is 2.49. The normalized spacial score (nSPS) is 17.7. The quantitative estimate of drug-likeness (QED) is 0.301. The van der Waals surface area contributed by atoms with Gasteiger partial charge in [-0.2, -0.15) is 0 Å². The number of nitrogens with zero attached hydrogens (tertiary/aromatic N) is 2. The van der Waals surface area contributed by atoms with Gasteiger partial charge in [-0.25, -0.2) is 0 Å². The van der Waals surface area contributed by atoms with Gasteiger partial charge in [0.05, 0.1) is 18.9 Å². The number of rotatable bonds is 9. The Labute approximate surface area is 198 Å². The SMILES string of the molecule is CCOc1ccc(N=CC2C(Oc3ccc(Cl)cc3)C(=O)N2c2ccc(OCC)cc2)cc1. The molecule has 1 heterocycles. The van der Waals surface area contributed by atoms with Crippen LogP contribution < -0.4 is 19.1 Å². The average Bonchev–Trinajstić information content (AvgIpc) is 2.83. The first-order valence-electron chi connectivity index (χ1n) is 10.8. The molecular weight excluding hydrogens is 440 g/mol. The van der Waals surface area contributed by atoms with Gasteiger partial charge in [0, 0.05) is 16.9 Å². The molecule has 0 N–H and O–H groups in total. The molecule has 6 nitrogen and oxygen atoms in total. The highest BCUT2D eigenvalue weighted by atomic mass is 35.5. The maximum absolute atomic E-state index is 13.0. The Morgan fingerprint density at radius 3 is 1.97 bits per heavy atom. The van der Waals surface area contributed by atoms with Crippen LogP contribution >= 0.6 is 11.6 Å². The Morgan fingerprint density at radius 1 is 0.848 bits per heavy atom. The van der Waals surface area contributed by atoms with E-state index in [1.807, 2.05) is 62.4 Å². The van der Waals surface area contributed by atoms with Crippen LogP contribution in [0, 0.1) is 0 Å². The van der Waals surface area contributed by atoms with Crippen molar-refractivity contribution < 1.29 is 19.0 Å². The molecule has 3 aromatic rings. The van der Waals surface area contributed by atoms with Crippen molar-refractivity contribution in [2.75, 3.05) is 18.1 Å². The number of β-lactam (4-membered cyclic amide) rings is 1. The molecule has 0 spiro atoms. The molecule has 0 aliphatic carbocycles. The Balaban J connectivity index is 1.57. The molecule has 4 rings (SSSR count). The zero-order chi connectivity index (χ0) is 23.2. The van der Waals surface area contributed by atoms with Gasteiger partial charge in [-0.3, -0.25) is 14.7 Å². The number of hydrogen-bond acceptors (Lipinski definition) is 5. The van der Waals surface area contributed by atoms with Crippen LogP contribution in [0.1, 0.15) is 13.8 Å². The van der Waals surface area contributed by atoms with Crippen molar-refractivity contribution >= 4 is 35.1 Å². The molecule has 1 saturated heterocycles. The fourth-order valence-corrected chi connectivity index (χ4v) is 3.66. The number of benzene rings is 3. The summed E-state index contributed by atoms with van der Waals surface area (Å²) >= 11 is 5.97. The van der Waals surface area contributed by atoms with Crippen molar-refractivity contribution in [3.63, 3.8) is 0 Å². The molecular formula is C26H25ClN2O4. The van der Waals surface area contributed by atoms with E-state index in [-0.39, 0.29) is 11.9 Å². The number of halogens is 1. The number of aliphatic imine (C=N–C) groups is 1. The third kappa shape index (κ3) is 5.29. The lowest BCUT2D eigenvalue weighted by molar-refractivity contribution is -0.132. The third-order valence-electron chi connectivity index (χ3n) is 5.12. The zero-order valence-electron chi connectivity index (χ0n) is 18.5. The Morgan fingerprint density at radius 2 is 1.39 bits per heavy atom. The molecule has 170 valence electrons. The molecule has 2 unspecified atom stereocenters. The number of anilines is 1. The lowest BCUT2D eigenvalue weighted by atomic mass is 9.97. The van der Waals surface area contributed by atoms with E-state index in [0.29, 0.717) is 24.0 Å². The summed E-state index contributed by atoms with van der Waals surface area (Å²) in [6, 6.07) is 21.5. The van der Waals surface area contributed by atoms with Crippen LogP contribution in [0.15, 0.2) is 77.8 Å². The van der Waals surface area contributed by atoms with Crippen molar-refractivity contribution in [1.29, 1.82) is 0 Å². The predicted octanol–water partition coefficient (Wildman–Crippen LogP) is 5.70.